The molecule has 0 saturated carbocycles. The highest BCUT2D eigenvalue weighted by molar-refractivity contribution is 5.93. The molecule has 0 amide bonds. The van der Waals surface area contributed by atoms with Crippen molar-refractivity contribution in [1.82, 2.24) is 9.97 Å². The van der Waals surface area contributed by atoms with Crippen LogP contribution in [0.3, 0.4) is 0 Å². The van der Waals surface area contributed by atoms with E-state index in [2.05, 4.69) is 9.97 Å². The zero-order valence-corrected chi connectivity index (χ0v) is 11.1. The van der Waals surface area contributed by atoms with E-state index in [0.29, 0.717) is 18.9 Å². The largest absolute Gasteiger partial charge is 0.477 e. The molecule has 0 aliphatic carbocycles. The van der Waals surface area contributed by atoms with Gasteiger partial charge in [0.2, 0.25) is 5.88 Å². The Morgan fingerprint density at radius 3 is 2.28 bits per heavy atom. The highest BCUT2D eigenvalue weighted by atomic mass is 16.5. The number of hydrogen-bond donors (Lipinski definition) is 0. The first kappa shape index (κ1) is 14.2. The molecule has 1 aromatic heterocycles. The van der Waals surface area contributed by atoms with Crippen molar-refractivity contribution in [3.63, 3.8) is 0 Å². The lowest BCUT2D eigenvalue weighted by Crippen LogP contribution is -2.13. The molecule has 6 heteroatoms. The number of ether oxygens (including phenoxy) is 3. The summed E-state index contributed by atoms with van der Waals surface area (Å²) < 4.78 is 15.5. The van der Waals surface area contributed by atoms with Gasteiger partial charge in [0.15, 0.2) is 0 Å². The Balaban J connectivity index is 3.17. The summed E-state index contributed by atoms with van der Waals surface area (Å²) in [4.78, 5) is 20.0. The van der Waals surface area contributed by atoms with Crippen LogP contribution in [0.1, 0.15) is 36.8 Å². The van der Waals surface area contributed by atoms with E-state index >= 15 is 0 Å². The van der Waals surface area contributed by atoms with Gasteiger partial charge in [0, 0.05) is 0 Å². The number of carbonyl (C=O) groups is 1. The monoisotopic (exact) mass is 254 g/mol. The van der Waals surface area contributed by atoms with Gasteiger partial charge in [-0.05, 0) is 27.7 Å². The molecule has 1 aromatic rings. The molecule has 0 radical (unpaired) electrons. The molecule has 0 unspecified atom stereocenters. The quantitative estimate of drug-likeness (QED) is 0.720. The summed E-state index contributed by atoms with van der Waals surface area (Å²) in [6.45, 7) is 8.21. The molecule has 0 saturated heterocycles. The zero-order valence-electron chi connectivity index (χ0n) is 11.1. The molecule has 0 aliphatic rings. The molecule has 6 nitrogen and oxygen atoms in total. The predicted octanol–water partition coefficient (Wildman–Crippen LogP) is 1.76. The first-order chi connectivity index (χ1) is 8.63. The van der Waals surface area contributed by atoms with Gasteiger partial charge in [0.25, 0.3) is 0 Å². The van der Waals surface area contributed by atoms with Crippen molar-refractivity contribution < 1.29 is 19.0 Å². The fraction of sp³-hybridized carbons (Fsp3) is 0.583. The lowest BCUT2D eigenvalue weighted by molar-refractivity contribution is 0.0519. The Morgan fingerprint density at radius 1 is 1.06 bits per heavy atom. The van der Waals surface area contributed by atoms with E-state index in [1.807, 2.05) is 13.8 Å². The van der Waals surface area contributed by atoms with Gasteiger partial charge >= 0.3 is 12.0 Å². The molecule has 0 fully saturated rings. The van der Waals surface area contributed by atoms with Gasteiger partial charge in [-0.25, -0.2) is 4.79 Å². The summed E-state index contributed by atoms with van der Waals surface area (Å²) in [6.07, 6.45) is 0. The van der Waals surface area contributed by atoms with Crippen LogP contribution in [0.2, 0.25) is 0 Å². The predicted molar refractivity (Wildman–Crippen MR) is 65.1 cm³/mol. The smallest absolute Gasteiger partial charge is 0.345 e. The summed E-state index contributed by atoms with van der Waals surface area (Å²) in [7, 11) is 0. The molecule has 0 aliphatic heterocycles. The van der Waals surface area contributed by atoms with Crippen LogP contribution in [0.25, 0.3) is 0 Å². The topological polar surface area (TPSA) is 70.5 Å². The minimum atomic E-state index is -0.485. The highest BCUT2D eigenvalue weighted by Crippen LogP contribution is 2.22. The Bertz CT molecular complexity index is 421. The second kappa shape index (κ2) is 6.78. The lowest BCUT2D eigenvalue weighted by Gasteiger charge is -2.12. The average Bonchev–Trinajstić information content (AvgIpc) is 2.29. The molecule has 100 valence electrons. The van der Waals surface area contributed by atoms with E-state index in [1.165, 1.54) is 0 Å². The van der Waals surface area contributed by atoms with Crippen molar-refractivity contribution in [1.29, 1.82) is 0 Å². The third-order valence-electron chi connectivity index (χ3n) is 2.07. The van der Waals surface area contributed by atoms with Crippen molar-refractivity contribution in [2.45, 2.75) is 27.7 Å². The van der Waals surface area contributed by atoms with Crippen molar-refractivity contribution in [3.05, 3.63) is 11.3 Å². The SMILES string of the molecule is CCOC(=O)c1c(C)nc(OCC)nc1OCC. The van der Waals surface area contributed by atoms with Crippen LogP contribution in [0.5, 0.6) is 11.9 Å². The Kier molecular flexibility index (Phi) is 5.35. The number of nitrogens with zero attached hydrogens (tertiary/aromatic N) is 2. The summed E-state index contributed by atoms with van der Waals surface area (Å²) in [5.41, 5.74) is 0.734. The van der Waals surface area contributed by atoms with Gasteiger partial charge < -0.3 is 14.2 Å². The number of aryl methyl sites for hydroxylation is 1. The first-order valence-corrected chi connectivity index (χ1v) is 5.95. The summed E-state index contributed by atoms with van der Waals surface area (Å²) in [5, 5.41) is 0. The second-order valence-electron chi connectivity index (χ2n) is 3.36. The van der Waals surface area contributed by atoms with Gasteiger partial charge in [-0.3, -0.25) is 0 Å². The molecule has 0 bridgehead atoms. The zero-order chi connectivity index (χ0) is 13.5. The lowest BCUT2D eigenvalue weighted by atomic mass is 10.2. The summed E-state index contributed by atoms with van der Waals surface area (Å²) in [5.74, 6) is -0.284. The van der Waals surface area contributed by atoms with Crippen molar-refractivity contribution >= 4 is 5.97 Å². The average molecular weight is 254 g/mol. The van der Waals surface area contributed by atoms with Crippen LogP contribution >= 0.6 is 0 Å². The summed E-state index contributed by atoms with van der Waals surface area (Å²) in [6, 6.07) is 0.200. The highest BCUT2D eigenvalue weighted by Gasteiger charge is 2.21. The van der Waals surface area contributed by atoms with Crippen LogP contribution < -0.4 is 9.47 Å². The molecule has 0 spiro atoms. The van der Waals surface area contributed by atoms with Crippen LogP contribution in [-0.4, -0.2) is 35.8 Å². The van der Waals surface area contributed by atoms with Crippen molar-refractivity contribution in [3.8, 4) is 11.9 Å². The number of carbonyl (C=O) groups excluding carboxylic acids is 1. The third kappa shape index (κ3) is 3.32. The van der Waals surface area contributed by atoms with Gasteiger partial charge in [0.05, 0.1) is 25.5 Å². The van der Waals surface area contributed by atoms with E-state index in [1.54, 1.807) is 13.8 Å². The first-order valence-electron chi connectivity index (χ1n) is 5.95. The fourth-order valence-corrected chi connectivity index (χ4v) is 1.39. The van der Waals surface area contributed by atoms with Gasteiger partial charge in [-0.15, -0.1) is 0 Å². The number of hydrogen-bond acceptors (Lipinski definition) is 6. The normalized spacial score (nSPS) is 10.0. The molecule has 1 rings (SSSR count). The fourth-order valence-electron chi connectivity index (χ4n) is 1.39. The molecule has 0 atom stereocenters. The number of esters is 1. The van der Waals surface area contributed by atoms with Crippen LogP contribution in [0.15, 0.2) is 0 Å². The van der Waals surface area contributed by atoms with E-state index in [-0.39, 0.29) is 24.1 Å². The molecular weight excluding hydrogens is 236 g/mol. The number of aromatic nitrogens is 2. The molecule has 18 heavy (non-hydrogen) atoms. The van der Waals surface area contributed by atoms with Gasteiger partial charge in [0.1, 0.15) is 5.56 Å². The van der Waals surface area contributed by atoms with Gasteiger partial charge in [-0.2, -0.15) is 9.97 Å². The number of rotatable bonds is 6. The maximum absolute atomic E-state index is 11.8. The maximum Gasteiger partial charge on any atom is 0.345 e. The maximum atomic E-state index is 11.8. The minimum absolute atomic E-state index is 0.200. The van der Waals surface area contributed by atoms with Crippen LogP contribution in [0.4, 0.5) is 0 Å². The van der Waals surface area contributed by atoms with E-state index in [0.717, 1.165) is 0 Å². The van der Waals surface area contributed by atoms with Gasteiger partial charge in [-0.1, -0.05) is 0 Å². The van der Waals surface area contributed by atoms with Crippen molar-refractivity contribution in [2.24, 2.45) is 0 Å². The Labute approximate surface area is 106 Å². The Morgan fingerprint density at radius 2 is 1.72 bits per heavy atom. The second-order valence-corrected chi connectivity index (χ2v) is 3.36. The van der Waals surface area contributed by atoms with Crippen LogP contribution in [-0.2, 0) is 4.74 Å². The van der Waals surface area contributed by atoms with E-state index in [4.69, 9.17) is 14.2 Å². The molecule has 1 heterocycles. The third-order valence-corrected chi connectivity index (χ3v) is 2.07. The van der Waals surface area contributed by atoms with Crippen molar-refractivity contribution in [2.75, 3.05) is 19.8 Å². The summed E-state index contributed by atoms with van der Waals surface area (Å²) >= 11 is 0. The molecule has 0 aromatic carbocycles. The minimum Gasteiger partial charge on any atom is -0.477 e. The molecule has 0 N–H and O–H groups in total. The standard InChI is InChI=1S/C12H18N2O4/c1-5-16-10-9(11(15)17-6-2)8(4)13-12(14-10)18-7-3/h5-7H2,1-4H3. The Hall–Kier alpha value is -1.85. The molecular formula is C12H18N2O4. The van der Waals surface area contributed by atoms with E-state index in [9.17, 15) is 4.79 Å². The van der Waals surface area contributed by atoms with E-state index < -0.39 is 5.97 Å². The van der Waals surface area contributed by atoms with Crippen LogP contribution in [0, 0.1) is 6.92 Å².